The summed E-state index contributed by atoms with van der Waals surface area (Å²) < 4.78 is 2.80. The lowest BCUT2D eigenvalue weighted by molar-refractivity contribution is 0.783. The number of hydrogen-bond donors (Lipinski definition) is 1. The van der Waals surface area contributed by atoms with E-state index in [1.165, 1.54) is 44.5 Å². The van der Waals surface area contributed by atoms with Crippen molar-refractivity contribution in [2.24, 2.45) is 7.05 Å². The van der Waals surface area contributed by atoms with Gasteiger partial charge in [-0.25, -0.2) is 0 Å². The lowest BCUT2D eigenvalue weighted by Gasteiger charge is -2.16. The van der Waals surface area contributed by atoms with Gasteiger partial charge in [-0.05, 0) is 64.9 Å². The van der Waals surface area contributed by atoms with Crippen LogP contribution in [0, 0.1) is 0 Å². The minimum Gasteiger partial charge on any atom is -0.365 e. The number of nitrogens with zero attached hydrogens (tertiary/aromatic N) is 1. The molecule has 0 aliphatic rings. The molecule has 0 saturated heterocycles. The molecule has 156 valence electrons. The van der Waals surface area contributed by atoms with Gasteiger partial charge in [0.25, 0.3) is 0 Å². The minimum atomic E-state index is 0.102. The molecule has 0 amide bonds. The van der Waals surface area contributed by atoms with Crippen LogP contribution in [0.1, 0.15) is 41.6 Å². The Balaban J connectivity index is 1.33. The maximum absolute atomic E-state index is 11.9. The SMILES string of the molecule is CC(c1cc[nH]c1CCCc1ccc2c(c1)sc(=O)n2C)c1cccc2ccccc12. The summed E-state index contributed by atoms with van der Waals surface area (Å²) in [5.41, 5.74) is 6.40. The zero-order valence-corrected chi connectivity index (χ0v) is 18.7. The highest BCUT2D eigenvalue weighted by molar-refractivity contribution is 7.16. The standard InChI is InChI=1S/C27H26N2OS/c1-18(21-11-6-9-20-8-3-4-10-23(20)21)22-15-16-28-24(22)12-5-7-19-13-14-25-26(17-19)31-27(30)29(25)2/h3-4,6,8-11,13-18,28H,5,7,12H2,1-2H3. The second kappa shape index (κ2) is 8.20. The molecule has 2 aromatic heterocycles. The van der Waals surface area contributed by atoms with Crippen molar-refractivity contribution >= 4 is 32.3 Å². The summed E-state index contributed by atoms with van der Waals surface area (Å²) >= 11 is 1.33. The van der Waals surface area contributed by atoms with Crippen molar-refractivity contribution in [3.8, 4) is 0 Å². The van der Waals surface area contributed by atoms with Gasteiger partial charge in [-0.15, -0.1) is 0 Å². The summed E-state index contributed by atoms with van der Waals surface area (Å²) in [6.07, 6.45) is 5.16. The first-order chi connectivity index (χ1) is 15.1. The zero-order valence-electron chi connectivity index (χ0n) is 17.9. The van der Waals surface area contributed by atoms with E-state index in [4.69, 9.17) is 0 Å². The summed E-state index contributed by atoms with van der Waals surface area (Å²) in [6.45, 7) is 2.31. The second-order valence-electron chi connectivity index (χ2n) is 8.28. The van der Waals surface area contributed by atoms with Gasteiger partial charge in [0.05, 0.1) is 10.2 Å². The first kappa shape index (κ1) is 19.8. The molecular weight excluding hydrogens is 400 g/mol. The number of rotatable bonds is 6. The van der Waals surface area contributed by atoms with Crippen molar-refractivity contribution in [2.45, 2.75) is 32.1 Å². The number of aryl methyl sites for hydroxylation is 3. The first-order valence-corrected chi connectivity index (χ1v) is 11.7. The van der Waals surface area contributed by atoms with E-state index in [0.717, 1.165) is 29.5 Å². The lowest BCUT2D eigenvalue weighted by Crippen LogP contribution is -2.06. The average molecular weight is 427 g/mol. The van der Waals surface area contributed by atoms with Crippen molar-refractivity contribution < 1.29 is 0 Å². The van der Waals surface area contributed by atoms with Crippen molar-refractivity contribution in [3.05, 3.63) is 105 Å². The molecule has 0 fully saturated rings. The van der Waals surface area contributed by atoms with Gasteiger partial charge < -0.3 is 9.55 Å². The third-order valence-electron chi connectivity index (χ3n) is 6.37. The molecule has 1 N–H and O–H groups in total. The molecule has 0 aliphatic carbocycles. The highest BCUT2D eigenvalue weighted by atomic mass is 32.1. The number of aromatic nitrogens is 2. The maximum Gasteiger partial charge on any atom is 0.307 e. The monoisotopic (exact) mass is 426 g/mol. The number of H-pyrrole nitrogens is 1. The Kier molecular flexibility index (Phi) is 5.24. The van der Waals surface area contributed by atoms with E-state index in [9.17, 15) is 4.79 Å². The topological polar surface area (TPSA) is 37.8 Å². The highest BCUT2D eigenvalue weighted by Gasteiger charge is 2.16. The molecular formula is C27H26N2OS. The molecule has 0 saturated carbocycles. The highest BCUT2D eigenvalue weighted by Crippen LogP contribution is 2.32. The Bertz CT molecular complexity index is 1420. The zero-order chi connectivity index (χ0) is 21.4. The fraction of sp³-hybridized carbons (Fsp3) is 0.222. The largest absolute Gasteiger partial charge is 0.365 e. The summed E-state index contributed by atoms with van der Waals surface area (Å²) in [5.74, 6) is 0.338. The number of aromatic amines is 1. The second-order valence-corrected chi connectivity index (χ2v) is 9.28. The molecule has 3 aromatic carbocycles. The van der Waals surface area contributed by atoms with E-state index in [-0.39, 0.29) is 4.87 Å². The minimum absolute atomic E-state index is 0.102. The summed E-state index contributed by atoms with van der Waals surface area (Å²) in [7, 11) is 1.84. The number of fused-ring (bicyclic) bond motifs is 2. The molecule has 0 radical (unpaired) electrons. The summed E-state index contributed by atoms with van der Waals surface area (Å²) in [4.78, 5) is 15.5. The molecule has 0 aliphatic heterocycles. The molecule has 4 heteroatoms. The number of benzene rings is 3. The predicted octanol–water partition coefficient (Wildman–Crippen LogP) is 6.41. The third-order valence-corrected chi connectivity index (χ3v) is 7.37. The van der Waals surface area contributed by atoms with Crippen LogP contribution in [-0.4, -0.2) is 9.55 Å². The smallest absolute Gasteiger partial charge is 0.307 e. The van der Waals surface area contributed by atoms with Crippen molar-refractivity contribution in [1.82, 2.24) is 9.55 Å². The van der Waals surface area contributed by atoms with E-state index >= 15 is 0 Å². The van der Waals surface area contributed by atoms with Crippen LogP contribution in [0.2, 0.25) is 0 Å². The van der Waals surface area contributed by atoms with Crippen LogP contribution < -0.4 is 4.87 Å². The fourth-order valence-electron chi connectivity index (χ4n) is 4.64. The van der Waals surface area contributed by atoms with Gasteiger partial charge in [0.2, 0.25) is 0 Å². The molecule has 1 atom stereocenters. The molecule has 1 unspecified atom stereocenters. The van der Waals surface area contributed by atoms with Gasteiger partial charge in [0.15, 0.2) is 0 Å². The van der Waals surface area contributed by atoms with Gasteiger partial charge in [0.1, 0.15) is 0 Å². The number of hydrogen-bond acceptors (Lipinski definition) is 2. The van der Waals surface area contributed by atoms with E-state index in [0.29, 0.717) is 5.92 Å². The van der Waals surface area contributed by atoms with E-state index in [1.54, 1.807) is 4.57 Å². The lowest BCUT2D eigenvalue weighted by atomic mass is 9.88. The van der Waals surface area contributed by atoms with Crippen molar-refractivity contribution in [1.29, 1.82) is 0 Å². The molecule has 5 rings (SSSR count). The average Bonchev–Trinajstić information content (AvgIpc) is 3.37. The normalized spacial score (nSPS) is 12.6. The van der Waals surface area contributed by atoms with E-state index in [2.05, 4.69) is 84.8 Å². The van der Waals surface area contributed by atoms with Crippen molar-refractivity contribution in [3.63, 3.8) is 0 Å². The molecule has 0 bridgehead atoms. The van der Waals surface area contributed by atoms with Gasteiger partial charge in [0, 0.05) is 24.9 Å². The van der Waals surface area contributed by atoms with Gasteiger partial charge >= 0.3 is 4.87 Å². The van der Waals surface area contributed by atoms with Crippen LogP contribution >= 0.6 is 11.3 Å². The Labute approximate surface area is 186 Å². The Hall–Kier alpha value is -3.11. The van der Waals surface area contributed by atoms with E-state index in [1.807, 2.05) is 7.05 Å². The fourth-order valence-corrected chi connectivity index (χ4v) is 5.58. The van der Waals surface area contributed by atoms with E-state index < -0.39 is 0 Å². The summed E-state index contributed by atoms with van der Waals surface area (Å²) in [6, 6.07) is 23.9. The van der Waals surface area contributed by atoms with Gasteiger partial charge in [-0.1, -0.05) is 66.8 Å². The molecule has 5 aromatic rings. The van der Waals surface area contributed by atoms with Crippen LogP contribution in [0.3, 0.4) is 0 Å². The van der Waals surface area contributed by atoms with Crippen molar-refractivity contribution in [2.75, 3.05) is 0 Å². The molecule has 31 heavy (non-hydrogen) atoms. The third kappa shape index (κ3) is 3.72. The maximum atomic E-state index is 11.9. The molecule has 0 spiro atoms. The Morgan fingerprint density at radius 2 is 1.81 bits per heavy atom. The van der Waals surface area contributed by atoms with Crippen LogP contribution in [0.4, 0.5) is 0 Å². The van der Waals surface area contributed by atoms with Gasteiger partial charge in [-0.3, -0.25) is 4.79 Å². The van der Waals surface area contributed by atoms with Gasteiger partial charge in [-0.2, -0.15) is 0 Å². The van der Waals surface area contributed by atoms with Crippen LogP contribution in [0.25, 0.3) is 21.0 Å². The predicted molar refractivity (Wildman–Crippen MR) is 131 cm³/mol. The Morgan fingerprint density at radius 1 is 0.968 bits per heavy atom. The first-order valence-electron chi connectivity index (χ1n) is 10.8. The van der Waals surface area contributed by atoms with Crippen LogP contribution in [0.15, 0.2) is 77.7 Å². The molecule has 3 nitrogen and oxygen atoms in total. The Morgan fingerprint density at radius 3 is 2.71 bits per heavy atom. The quantitative estimate of drug-likeness (QED) is 0.335. The summed E-state index contributed by atoms with van der Waals surface area (Å²) in [5, 5.41) is 2.63. The number of thiazole rings is 1. The number of nitrogens with one attached hydrogen (secondary N) is 1. The molecule has 2 heterocycles. The van der Waals surface area contributed by atoms with Crippen LogP contribution in [0.5, 0.6) is 0 Å². The van der Waals surface area contributed by atoms with Crippen LogP contribution in [-0.2, 0) is 19.9 Å².